The quantitative estimate of drug-likeness (QED) is 0.157. The zero-order valence-corrected chi connectivity index (χ0v) is 30.9. The second-order valence-electron chi connectivity index (χ2n) is 14.4. The Hall–Kier alpha value is -6.59. The Morgan fingerprint density at radius 1 is 0.327 bits per heavy atom. The largest absolute Gasteiger partial charge is 0.228 e. The van der Waals surface area contributed by atoms with Crippen molar-refractivity contribution in [3.63, 3.8) is 0 Å². The van der Waals surface area contributed by atoms with Crippen molar-refractivity contribution in [3.8, 4) is 68.1 Å². The van der Waals surface area contributed by atoms with Crippen LogP contribution in [0.15, 0.2) is 170 Å². The molecule has 8 aromatic rings. The molecule has 1 aliphatic rings. The molecule has 2 aromatic heterocycles. The van der Waals surface area contributed by atoms with Gasteiger partial charge in [-0.25, -0.2) is 24.9 Å². The fraction of sp³-hybridized carbons (Fsp3) is 0.140. The molecule has 0 aliphatic heterocycles. The van der Waals surface area contributed by atoms with E-state index in [9.17, 15) is 0 Å². The molecule has 1 saturated carbocycles. The average molecular weight is 712 g/mol. The molecule has 2 heterocycles. The normalized spacial score (nSPS) is 13.7. The van der Waals surface area contributed by atoms with Gasteiger partial charge in [0.05, 0.1) is 11.4 Å². The summed E-state index contributed by atoms with van der Waals surface area (Å²) < 4.78 is 0. The third kappa shape index (κ3) is 6.86. The molecular weight excluding hydrogens is 671 g/mol. The minimum atomic E-state index is -0.0794. The fourth-order valence-electron chi connectivity index (χ4n) is 8.11. The molecule has 6 aromatic carbocycles. The maximum absolute atomic E-state index is 5.18. The molecule has 0 radical (unpaired) electrons. The van der Waals surface area contributed by atoms with Crippen LogP contribution in [0.25, 0.3) is 68.1 Å². The summed E-state index contributed by atoms with van der Waals surface area (Å²) in [5, 5.41) is 0. The van der Waals surface area contributed by atoms with Crippen LogP contribution in [0.4, 0.5) is 0 Å². The topological polar surface area (TPSA) is 64.5 Å². The van der Waals surface area contributed by atoms with E-state index in [1.54, 1.807) is 0 Å². The number of hydrogen-bond acceptors (Lipinski definition) is 5. The third-order valence-electron chi connectivity index (χ3n) is 11.0. The summed E-state index contributed by atoms with van der Waals surface area (Å²) >= 11 is 0. The minimum absolute atomic E-state index is 0.0794. The van der Waals surface area contributed by atoms with Crippen molar-refractivity contribution in [2.24, 2.45) is 0 Å². The second kappa shape index (κ2) is 15.0. The zero-order chi connectivity index (χ0) is 37.0. The lowest BCUT2D eigenvalue weighted by Gasteiger charge is -2.39. The van der Waals surface area contributed by atoms with Gasteiger partial charge in [0, 0.05) is 44.4 Å². The van der Waals surface area contributed by atoms with Gasteiger partial charge < -0.3 is 0 Å². The summed E-state index contributed by atoms with van der Waals surface area (Å²) in [4.78, 5) is 25.1. The molecular formula is C50H41N5. The van der Waals surface area contributed by atoms with Crippen LogP contribution in [-0.2, 0) is 5.41 Å². The molecule has 5 heteroatoms. The predicted molar refractivity (Wildman–Crippen MR) is 223 cm³/mol. The first kappa shape index (κ1) is 34.2. The van der Waals surface area contributed by atoms with Gasteiger partial charge in [-0.1, -0.05) is 189 Å². The van der Waals surface area contributed by atoms with Gasteiger partial charge in [-0.15, -0.1) is 0 Å². The van der Waals surface area contributed by atoms with E-state index in [-0.39, 0.29) is 5.41 Å². The summed E-state index contributed by atoms with van der Waals surface area (Å²) in [6.45, 7) is 2.14. The van der Waals surface area contributed by atoms with Crippen LogP contribution in [0.2, 0.25) is 0 Å². The maximum atomic E-state index is 5.18. The van der Waals surface area contributed by atoms with Crippen molar-refractivity contribution < 1.29 is 0 Å². The molecule has 0 bridgehead atoms. The Bertz CT molecular complexity index is 2470. The standard InChI is InChI=1S/C50H41N5/c1-35-44(36-17-7-2-8-18-36)51-46(38-19-9-3-10-20-38)52-45(35)37-25-29-42(30-26-37)50(33-15-6-16-34-50)43-31-27-41(28-32-43)49-54-47(39-21-11-4-12-22-39)53-48(55-49)40-23-13-5-14-24-40/h2-5,7-14,17-32H,6,15-16,33-34H2,1H3. The van der Waals surface area contributed by atoms with Crippen LogP contribution in [-0.4, -0.2) is 24.9 Å². The number of hydrogen-bond donors (Lipinski definition) is 0. The molecule has 0 N–H and O–H groups in total. The summed E-state index contributed by atoms with van der Waals surface area (Å²) in [6, 6.07) is 59.2. The summed E-state index contributed by atoms with van der Waals surface area (Å²) in [7, 11) is 0. The van der Waals surface area contributed by atoms with Gasteiger partial charge in [-0.05, 0) is 30.9 Å². The monoisotopic (exact) mass is 711 g/mol. The van der Waals surface area contributed by atoms with Gasteiger partial charge in [0.2, 0.25) is 0 Å². The molecule has 0 unspecified atom stereocenters. The number of rotatable bonds is 8. The molecule has 0 amide bonds. The van der Waals surface area contributed by atoms with E-state index in [1.165, 1.54) is 30.4 Å². The van der Waals surface area contributed by atoms with E-state index in [0.29, 0.717) is 17.5 Å². The Kier molecular flexibility index (Phi) is 9.35. The first-order chi connectivity index (χ1) is 27.1. The van der Waals surface area contributed by atoms with Crippen LogP contribution in [0, 0.1) is 6.92 Å². The summed E-state index contributed by atoms with van der Waals surface area (Å²) in [5.41, 5.74) is 11.7. The first-order valence-electron chi connectivity index (χ1n) is 19.2. The van der Waals surface area contributed by atoms with E-state index in [1.807, 2.05) is 84.9 Å². The van der Waals surface area contributed by atoms with E-state index in [2.05, 4.69) is 91.9 Å². The Balaban J connectivity index is 1.08. The van der Waals surface area contributed by atoms with Gasteiger partial charge in [-0.2, -0.15) is 0 Å². The molecule has 0 saturated heterocycles. The number of benzene rings is 6. The van der Waals surface area contributed by atoms with Crippen molar-refractivity contribution in [1.82, 2.24) is 24.9 Å². The molecule has 0 atom stereocenters. The summed E-state index contributed by atoms with van der Waals surface area (Å²) in [5.74, 6) is 2.75. The van der Waals surface area contributed by atoms with Crippen molar-refractivity contribution >= 4 is 0 Å². The summed E-state index contributed by atoms with van der Waals surface area (Å²) in [6.07, 6.45) is 5.87. The van der Waals surface area contributed by atoms with Crippen LogP contribution in [0.3, 0.4) is 0 Å². The van der Waals surface area contributed by atoms with Gasteiger partial charge in [-0.3, -0.25) is 0 Å². The van der Waals surface area contributed by atoms with Crippen LogP contribution in [0.1, 0.15) is 48.8 Å². The SMILES string of the molecule is Cc1c(-c2ccccc2)nc(-c2ccccc2)nc1-c1ccc(C2(c3ccc(-c4nc(-c5ccccc5)nc(-c5ccccc5)n4)cc3)CCCCC2)cc1. The van der Waals surface area contributed by atoms with Gasteiger partial charge in [0.15, 0.2) is 23.3 Å². The lowest BCUT2D eigenvalue weighted by Crippen LogP contribution is -2.30. The number of nitrogens with zero attached hydrogens (tertiary/aromatic N) is 5. The first-order valence-corrected chi connectivity index (χ1v) is 19.2. The van der Waals surface area contributed by atoms with E-state index in [4.69, 9.17) is 24.9 Å². The molecule has 55 heavy (non-hydrogen) atoms. The molecule has 1 fully saturated rings. The lowest BCUT2D eigenvalue weighted by atomic mass is 9.65. The van der Waals surface area contributed by atoms with Crippen molar-refractivity contribution in [3.05, 3.63) is 187 Å². The average Bonchev–Trinajstić information content (AvgIpc) is 3.28. The Morgan fingerprint density at radius 3 is 1.04 bits per heavy atom. The zero-order valence-electron chi connectivity index (χ0n) is 30.9. The molecule has 9 rings (SSSR count). The Morgan fingerprint density at radius 2 is 0.636 bits per heavy atom. The molecule has 266 valence electrons. The smallest absolute Gasteiger partial charge is 0.164 e. The van der Waals surface area contributed by atoms with Crippen LogP contribution >= 0.6 is 0 Å². The van der Waals surface area contributed by atoms with Gasteiger partial charge in [0.1, 0.15) is 0 Å². The van der Waals surface area contributed by atoms with E-state index < -0.39 is 0 Å². The fourth-order valence-corrected chi connectivity index (χ4v) is 8.11. The highest BCUT2D eigenvalue weighted by atomic mass is 15.0. The molecule has 1 aliphatic carbocycles. The van der Waals surface area contributed by atoms with Crippen LogP contribution in [0.5, 0.6) is 0 Å². The molecule has 5 nitrogen and oxygen atoms in total. The maximum Gasteiger partial charge on any atom is 0.164 e. The Labute approximate surface area is 322 Å². The number of aromatic nitrogens is 5. The third-order valence-corrected chi connectivity index (χ3v) is 11.0. The molecule has 0 spiro atoms. The van der Waals surface area contributed by atoms with Crippen LogP contribution < -0.4 is 0 Å². The van der Waals surface area contributed by atoms with Gasteiger partial charge in [0.25, 0.3) is 0 Å². The minimum Gasteiger partial charge on any atom is -0.228 e. The highest BCUT2D eigenvalue weighted by molar-refractivity contribution is 5.76. The van der Waals surface area contributed by atoms with Gasteiger partial charge >= 0.3 is 0 Å². The lowest BCUT2D eigenvalue weighted by molar-refractivity contribution is 0.346. The highest BCUT2D eigenvalue weighted by Crippen LogP contribution is 2.46. The predicted octanol–water partition coefficient (Wildman–Crippen LogP) is 12.2. The van der Waals surface area contributed by atoms with E-state index in [0.717, 1.165) is 69.0 Å². The van der Waals surface area contributed by atoms with Crippen molar-refractivity contribution in [2.75, 3.05) is 0 Å². The van der Waals surface area contributed by atoms with Crippen molar-refractivity contribution in [1.29, 1.82) is 0 Å². The van der Waals surface area contributed by atoms with Crippen molar-refractivity contribution in [2.45, 2.75) is 44.4 Å². The second-order valence-corrected chi connectivity index (χ2v) is 14.4. The van der Waals surface area contributed by atoms with E-state index >= 15 is 0 Å². The highest BCUT2D eigenvalue weighted by Gasteiger charge is 2.36.